The number of carbonyl (C=O) groups is 1. The van der Waals surface area contributed by atoms with Gasteiger partial charge in [0.2, 0.25) is 0 Å². The number of hydrogen-bond acceptors (Lipinski definition) is 5. The Morgan fingerprint density at radius 1 is 0.639 bits per heavy atom. The molecule has 3 fully saturated rings. The van der Waals surface area contributed by atoms with E-state index in [9.17, 15) is 20.4 Å². The van der Waals surface area contributed by atoms with Crippen LogP contribution in [-0.4, -0.2) is 50.1 Å². The monoisotopic (exact) mass is 985 g/mol. The van der Waals surface area contributed by atoms with E-state index in [-0.39, 0.29) is 24.2 Å². The molecule has 5 nitrogen and oxygen atoms in total. The standard InChI is InChI=1S/C67H100O5/c1-7-8-9-10-11-12-13-14-15-16-17-18-19-20-30-40-61(69)67(72,63(71)66(51-34-24-21-25-35-51,52-36-26-22-27-37-52)53-38-28-23-29-39-53)62(70)60-48-55(68)47-54-41-42-56-58-44-43-57(50(4)33-31-32-49(2)3)64(58,5)46-45-59(56)65(54,60)6/h21-29,34-39,41,49-50,55-60,62-63,68,70-72H,7-20,30-33,40,42-48H2,1-6H3/t50-,55-,56+,57-,58+,59+,60?,62?,63?,64-,65-,67?/m1/s1. The van der Waals surface area contributed by atoms with Gasteiger partial charge in [0.15, 0.2) is 11.4 Å². The molecule has 0 aliphatic heterocycles. The van der Waals surface area contributed by atoms with E-state index in [1.807, 2.05) is 91.0 Å². The van der Waals surface area contributed by atoms with E-state index in [2.05, 4.69) is 47.6 Å². The van der Waals surface area contributed by atoms with Crippen molar-refractivity contribution < 1.29 is 25.2 Å². The molecule has 5 heteroatoms. The van der Waals surface area contributed by atoms with Gasteiger partial charge in [-0.15, -0.1) is 0 Å². The molecule has 4 unspecified atom stereocenters. The van der Waals surface area contributed by atoms with Gasteiger partial charge >= 0.3 is 0 Å². The fourth-order valence-corrected chi connectivity index (χ4v) is 16.3. The highest BCUT2D eigenvalue weighted by molar-refractivity contribution is 5.89. The van der Waals surface area contributed by atoms with Crippen molar-refractivity contribution in [3.63, 3.8) is 0 Å². The number of Topliss-reactive ketones (excluding diaryl/α,β-unsaturated/α-hetero) is 1. The van der Waals surface area contributed by atoms with Gasteiger partial charge in [-0.2, -0.15) is 0 Å². The third-order valence-corrected chi connectivity index (χ3v) is 20.3. The fourth-order valence-electron chi connectivity index (χ4n) is 16.3. The van der Waals surface area contributed by atoms with E-state index < -0.39 is 46.4 Å². The maximum Gasteiger partial charge on any atom is 0.176 e. The molecule has 3 aromatic carbocycles. The number of hydrogen-bond donors (Lipinski definition) is 4. The molecule has 3 saturated carbocycles. The predicted octanol–water partition coefficient (Wildman–Crippen LogP) is 15.9. The number of ketones is 1. The molecule has 0 aromatic heterocycles. The predicted molar refractivity (Wildman–Crippen MR) is 299 cm³/mol. The number of aliphatic hydroxyl groups is 4. The average molecular weight is 986 g/mol. The second-order valence-corrected chi connectivity index (χ2v) is 25.1. The first-order chi connectivity index (χ1) is 34.7. The Hall–Kier alpha value is -3.09. The number of allylic oxidation sites excluding steroid dienone is 1. The molecule has 72 heavy (non-hydrogen) atoms. The van der Waals surface area contributed by atoms with Crippen LogP contribution in [0.1, 0.15) is 225 Å². The first kappa shape index (κ1) is 56.6. The van der Waals surface area contributed by atoms with Gasteiger partial charge in [0.1, 0.15) is 6.10 Å². The summed E-state index contributed by atoms with van der Waals surface area (Å²) < 4.78 is 0. The third-order valence-electron chi connectivity index (χ3n) is 20.3. The zero-order chi connectivity index (χ0) is 51.4. The molecular weight excluding hydrogens is 885 g/mol. The lowest BCUT2D eigenvalue weighted by molar-refractivity contribution is -0.205. The Labute approximate surface area is 438 Å². The van der Waals surface area contributed by atoms with Gasteiger partial charge in [0.05, 0.1) is 17.6 Å². The normalized spacial score (nSPS) is 28.3. The summed E-state index contributed by atoms with van der Waals surface area (Å²) in [6.07, 6.45) is 26.6. The first-order valence-corrected chi connectivity index (χ1v) is 29.9. The number of rotatable bonds is 29. The third kappa shape index (κ3) is 12.0. The molecule has 7 rings (SSSR count). The summed E-state index contributed by atoms with van der Waals surface area (Å²) >= 11 is 0. The lowest BCUT2D eigenvalue weighted by Crippen LogP contribution is -2.69. The van der Waals surface area contributed by atoms with Crippen LogP contribution in [0.15, 0.2) is 103 Å². The molecule has 12 atom stereocenters. The average Bonchev–Trinajstić information content (AvgIpc) is 3.75. The maximum absolute atomic E-state index is 15.7. The van der Waals surface area contributed by atoms with Crippen LogP contribution in [-0.2, 0) is 10.2 Å². The molecule has 0 heterocycles. The van der Waals surface area contributed by atoms with Crippen molar-refractivity contribution in [2.24, 2.45) is 52.3 Å². The van der Waals surface area contributed by atoms with E-state index in [0.717, 1.165) is 61.1 Å². The summed E-state index contributed by atoms with van der Waals surface area (Å²) in [5.74, 6) is 2.15. The fraction of sp³-hybridized carbons (Fsp3) is 0.687. The number of benzene rings is 3. The summed E-state index contributed by atoms with van der Waals surface area (Å²) in [7, 11) is 0. The highest BCUT2D eigenvalue weighted by Crippen LogP contribution is 2.69. The lowest BCUT2D eigenvalue weighted by atomic mass is 9.43. The summed E-state index contributed by atoms with van der Waals surface area (Å²) in [5, 5.41) is 53.4. The van der Waals surface area contributed by atoms with E-state index in [1.54, 1.807) is 0 Å². The van der Waals surface area contributed by atoms with Gasteiger partial charge in [-0.3, -0.25) is 4.79 Å². The minimum Gasteiger partial charge on any atom is -0.393 e. The van der Waals surface area contributed by atoms with Crippen molar-refractivity contribution in [3.05, 3.63) is 119 Å². The molecular formula is C67H100O5. The van der Waals surface area contributed by atoms with Crippen LogP contribution in [0.3, 0.4) is 0 Å². The van der Waals surface area contributed by atoms with Crippen molar-refractivity contribution >= 4 is 5.78 Å². The van der Waals surface area contributed by atoms with Crippen molar-refractivity contribution in [2.75, 3.05) is 0 Å². The summed E-state index contributed by atoms with van der Waals surface area (Å²) in [6, 6.07) is 29.4. The Bertz CT molecular complexity index is 2000. The van der Waals surface area contributed by atoms with Gasteiger partial charge in [-0.25, -0.2) is 0 Å². The number of unbranched alkanes of at least 4 members (excludes halogenated alkanes) is 14. The molecule has 4 aliphatic rings. The van der Waals surface area contributed by atoms with E-state index in [1.165, 1.54) is 108 Å². The van der Waals surface area contributed by atoms with Gasteiger partial charge in [0, 0.05) is 12.3 Å². The zero-order valence-corrected chi connectivity index (χ0v) is 46.1. The molecule has 3 aromatic rings. The molecule has 0 spiro atoms. The number of carbonyl (C=O) groups excluding carboxylic acids is 1. The van der Waals surface area contributed by atoms with Crippen molar-refractivity contribution in [2.45, 2.75) is 238 Å². The van der Waals surface area contributed by atoms with Crippen molar-refractivity contribution in [3.8, 4) is 0 Å². The summed E-state index contributed by atoms with van der Waals surface area (Å²) in [6.45, 7) is 14.4. The minimum absolute atomic E-state index is 0.0508. The highest BCUT2D eigenvalue weighted by Gasteiger charge is 2.67. The first-order valence-electron chi connectivity index (χ1n) is 29.9. The molecule has 0 bridgehead atoms. The van der Waals surface area contributed by atoms with Crippen LogP contribution < -0.4 is 0 Å². The molecule has 398 valence electrons. The highest BCUT2D eigenvalue weighted by atomic mass is 16.4. The van der Waals surface area contributed by atoms with Gasteiger partial charge in [-0.05, 0) is 114 Å². The van der Waals surface area contributed by atoms with Gasteiger partial charge in [0.25, 0.3) is 0 Å². The lowest BCUT2D eigenvalue weighted by Gasteiger charge is -2.62. The van der Waals surface area contributed by atoms with Crippen LogP contribution in [0.4, 0.5) is 0 Å². The smallest absolute Gasteiger partial charge is 0.176 e. The van der Waals surface area contributed by atoms with E-state index in [0.29, 0.717) is 36.5 Å². The maximum atomic E-state index is 15.7. The second kappa shape index (κ2) is 26.1. The Morgan fingerprint density at radius 3 is 1.64 bits per heavy atom. The number of aliphatic hydroxyl groups excluding tert-OH is 3. The second-order valence-electron chi connectivity index (χ2n) is 25.1. The Morgan fingerprint density at radius 2 is 1.14 bits per heavy atom. The van der Waals surface area contributed by atoms with Gasteiger partial charge in [-0.1, -0.05) is 253 Å². The molecule has 4 N–H and O–H groups in total. The molecule has 0 radical (unpaired) electrons. The molecule has 4 aliphatic carbocycles. The SMILES string of the molecule is CCCCCCCCCCCCCCCCCC(=O)C(O)(C(O)C1C[C@H](O)CC2=CC[C@H]3[C@@H]4CC[C@H]([C@H](C)CCCC(C)C)[C@@]4(C)CC[C@@H]3[C@@]21C)C(O)C(c1ccccc1)(c1ccccc1)c1ccccc1. The van der Waals surface area contributed by atoms with Crippen molar-refractivity contribution in [1.82, 2.24) is 0 Å². The molecule has 0 saturated heterocycles. The number of fused-ring (bicyclic) bond motifs is 5. The van der Waals surface area contributed by atoms with Crippen LogP contribution in [0, 0.1) is 52.3 Å². The Kier molecular flexibility index (Phi) is 20.5. The minimum atomic E-state index is -2.59. The van der Waals surface area contributed by atoms with E-state index >= 15 is 4.79 Å². The summed E-state index contributed by atoms with van der Waals surface area (Å²) in [4.78, 5) is 15.7. The van der Waals surface area contributed by atoms with Crippen LogP contribution in [0.2, 0.25) is 0 Å². The van der Waals surface area contributed by atoms with Crippen molar-refractivity contribution in [1.29, 1.82) is 0 Å². The topological polar surface area (TPSA) is 98.0 Å². The van der Waals surface area contributed by atoms with Crippen LogP contribution >= 0.6 is 0 Å². The van der Waals surface area contributed by atoms with Gasteiger partial charge < -0.3 is 20.4 Å². The van der Waals surface area contributed by atoms with Crippen LogP contribution in [0.25, 0.3) is 0 Å². The largest absolute Gasteiger partial charge is 0.393 e. The Balaban J connectivity index is 1.18. The van der Waals surface area contributed by atoms with Crippen LogP contribution in [0.5, 0.6) is 0 Å². The summed E-state index contributed by atoms with van der Waals surface area (Å²) in [5.41, 5.74) is -1.00. The zero-order valence-electron chi connectivity index (χ0n) is 46.1. The van der Waals surface area contributed by atoms with E-state index in [4.69, 9.17) is 0 Å². The molecule has 0 amide bonds. The quantitative estimate of drug-likeness (QED) is 0.0316.